The number of hydrogen-bond donors (Lipinski definition) is 2. The number of rotatable bonds is 3. The van der Waals surface area contributed by atoms with E-state index in [9.17, 15) is 12.8 Å². The average molecular weight is 359 g/mol. The predicted molar refractivity (Wildman–Crippen MR) is 80.5 cm³/mol. The van der Waals surface area contributed by atoms with Crippen LogP contribution in [0.5, 0.6) is 0 Å². The number of anilines is 2. The fourth-order valence-electron chi connectivity index (χ4n) is 1.68. The molecule has 0 radical (unpaired) electrons. The second kappa shape index (κ2) is 5.41. The van der Waals surface area contributed by atoms with Crippen LogP contribution in [-0.4, -0.2) is 8.42 Å². The molecule has 0 heterocycles. The van der Waals surface area contributed by atoms with Gasteiger partial charge in [0.15, 0.2) is 0 Å². The molecule has 0 saturated carbocycles. The van der Waals surface area contributed by atoms with E-state index in [2.05, 4.69) is 20.7 Å². The zero-order valence-electron chi connectivity index (χ0n) is 10.5. The Hall–Kier alpha value is -1.60. The highest BCUT2D eigenvalue weighted by Gasteiger charge is 2.16. The van der Waals surface area contributed by atoms with Gasteiger partial charge in [0.25, 0.3) is 10.0 Å². The summed E-state index contributed by atoms with van der Waals surface area (Å²) in [6.07, 6.45) is 0. The van der Waals surface area contributed by atoms with Crippen LogP contribution >= 0.6 is 15.9 Å². The molecule has 2 aromatic carbocycles. The third-order valence-electron chi connectivity index (χ3n) is 2.58. The summed E-state index contributed by atoms with van der Waals surface area (Å²) in [5, 5.41) is 0. The molecule has 106 valence electrons. The first-order valence-electron chi connectivity index (χ1n) is 5.63. The molecule has 0 spiro atoms. The van der Waals surface area contributed by atoms with Gasteiger partial charge < -0.3 is 5.73 Å². The SMILES string of the molecule is Cc1cc(Br)cc(NS(=O)(=O)c2ccc(N)c(F)c2)c1. The molecular formula is C13H12BrFN2O2S. The lowest BCUT2D eigenvalue weighted by atomic mass is 10.2. The third-order valence-corrected chi connectivity index (χ3v) is 4.41. The fraction of sp³-hybridized carbons (Fsp3) is 0.0769. The van der Waals surface area contributed by atoms with Gasteiger partial charge in [0.05, 0.1) is 16.3 Å². The molecule has 2 rings (SSSR count). The van der Waals surface area contributed by atoms with Crippen molar-refractivity contribution in [3.63, 3.8) is 0 Å². The average Bonchev–Trinajstić information content (AvgIpc) is 2.30. The van der Waals surface area contributed by atoms with Crippen molar-refractivity contribution in [2.75, 3.05) is 10.5 Å². The monoisotopic (exact) mass is 358 g/mol. The van der Waals surface area contributed by atoms with Gasteiger partial charge in [-0.15, -0.1) is 0 Å². The number of halogens is 2. The second-order valence-electron chi connectivity index (χ2n) is 4.31. The van der Waals surface area contributed by atoms with Gasteiger partial charge in [-0.3, -0.25) is 4.72 Å². The number of nitrogens with two attached hydrogens (primary N) is 1. The lowest BCUT2D eigenvalue weighted by Gasteiger charge is -2.10. The van der Waals surface area contributed by atoms with Crippen molar-refractivity contribution in [3.05, 3.63) is 52.3 Å². The van der Waals surface area contributed by atoms with E-state index in [-0.39, 0.29) is 10.6 Å². The molecule has 0 aliphatic carbocycles. The van der Waals surface area contributed by atoms with Gasteiger partial charge in [-0.2, -0.15) is 0 Å². The molecule has 0 aromatic heterocycles. The highest BCUT2D eigenvalue weighted by molar-refractivity contribution is 9.10. The molecule has 2 aromatic rings. The van der Waals surface area contributed by atoms with Crippen molar-refractivity contribution in [2.24, 2.45) is 0 Å². The Bertz CT molecular complexity index is 743. The summed E-state index contributed by atoms with van der Waals surface area (Å²) in [4.78, 5) is -0.179. The van der Waals surface area contributed by atoms with Gasteiger partial charge in [-0.05, 0) is 48.9 Å². The minimum atomic E-state index is -3.85. The lowest BCUT2D eigenvalue weighted by molar-refractivity contribution is 0.596. The van der Waals surface area contributed by atoms with Crippen LogP contribution < -0.4 is 10.5 Å². The smallest absolute Gasteiger partial charge is 0.261 e. The summed E-state index contributed by atoms with van der Waals surface area (Å²) in [6.45, 7) is 1.84. The Morgan fingerprint density at radius 2 is 1.90 bits per heavy atom. The predicted octanol–water partition coefficient (Wildman–Crippen LogP) is 3.28. The van der Waals surface area contributed by atoms with E-state index in [1.807, 2.05) is 13.0 Å². The van der Waals surface area contributed by atoms with Gasteiger partial charge in [-0.25, -0.2) is 12.8 Å². The molecule has 0 atom stereocenters. The Balaban J connectivity index is 2.37. The van der Waals surface area contributed by atoms with E-state index in [0.29, 0.717) is 5.69 Å². The Morgan fingerprint density at radius 1 is 1.20 bits per heavy atom. The first-order valence-corrected chi connectivity index (χ1v) is 7.90. The maximum Gasteiger partial charge on any atom is 0.261 e. The molecule has 7 heteroatoms. The lowest BCUT2D eigenvalue weighted by Crippen LogP contribution is -2.13. The van der Waals surface area contributed by atoms with Crippen molar-refractivity contribution in [1.29, 1.82) is 0 Å². The third kappa shape index (κ3) is 3.29. The molecule has 0 saturated heterocycles. The quantitative estimate of drug-likeness (QED) is 0.827. The molecule has 0 aliphatic heterocycles. The number of nitrogen functional groups attached to an aromatic ring is 1. The zero-order valence-corrected chi connectivity index (χ0v) is 12.9. The van der Waals surface area contributed by atoms with Gasteiger partial charge in [0.1, 0.15) is 5.82 Å². The van der Waals surface area contributed by atoms with Crippen molar-refractivity contribution in [2.45, 2.75) is 11.8 Å². The van der Waals surface area contributed by atoms with E-state index < -0.39 is 15.8 Å². The van der Waals surface area contributed by atoms with Crippen LogP contribution in [0.2, 0.25) is 0 Å². The van der Waals surface area contributed by atoms with E-state index in [0.717, 1.165) is 16.1 Å². The van der Waals surface area contributed by atoms with Gasteiger partial charge in [-0.1, -0.05) is 15.9 Å². The van der Waals surface area contributed by atoms with Crippen LogP contribution in [-0.2, 0) is 10.0 Å². The van der Waals surface area contributed by atoms with Crippen LogP contribution in [0.3, 0.4) is 0 Å². The zero-order chi connectivity index (χ0) is 14.9. The summed E-state index contributed by atoms with van der Waals surface area (Å²) < 4.78 is 40.8. The van der Waals surface area contributed by atoms with Crippen LogP contribution in [0.1, 0.15) is 5.56 Å². The van der Waals surface area contributed by atoms with E-state index >= 15 is 0 Å². The Kier molecular flexibility index (Phi) is 4.01. The molecule has 0 fully saturated rings. The molecule has 0 unspecified atom stereocenters. The maximum absolute atomic E-state index is 13.4. The van der Waals surface area contributed by atoms with Crippen molar-refractivity contribution >= 4 is 37.3 Å². The van der Waals surface area contributed by atoms with Crippen LogP contribution in [0.4, 0.5) is 15.8 Å². The first kappa shape index (κ1) is 14.8. The molecular weight excluding hydrogens is 347 g/mol. The minimum absolute atomic E-state index is 0.0951. The summed E-state index contributed by atoms with van der Waals surface area (Å²) in [5.41, 5.74) is 6.52. The van der Waals surface area contributed by atoms with Crippen LogP contribution in [0, 0.1) is 12.7 Å². The standard InChI is InChI=1S/C13H12BrFN2O2S/c1-8-4-9(14)6-10(5-8)17-20(18,19)11-2-3-13(16)12(15)7-11/h2-7,17H,16H2,1H3. The van der Waals surface area contributed by atoms with Crippen molar-refractivity contribution in [3.8, 4) is 0 Å². The molecule has 0 aliphatic rings. The summed E-state index contributed by atoms with van der Waals surface area (Å²) in [7, 11) is -3.85. The van der Waals surface area contributed by atoms with Crippen molar-refractivity contribution in [1.82, 2.24) is 0 Å². The van der Waals surface area contributed by atoms with Crippen LogP contribution in [0.15, 0.2) is 45.8 Å². The number of sulfonamides is 1. The molecule has 3 N–H and O–H groups in total. The molecule has 0 bridgehead atoms. The minimum Gasteiger partial charge on any atom is -0.396 e. The maximum atomic E-state index is 13.4. The number of benzene rings is 2. The number of aryl methyl sites for hydroxylation is 1. The summed E-state index contributed by atoms with van der Waals surface area (Å²) in [5.74, 6) is -0.765. The number of hydrogen-bond acceptors (Lipinski definition) is 3. The Morgan fingerprint density at radius 3 is 2.50 bits per heavy atom. The molecule has 4 nitrogen and oxygen atoms in total. The van der Waals surface area contributed by atoms with Gasteiger partial charge >= 0.3 is 0 Å². The molecule has 0 amide bonds. The van der Waals surface area contributed by atoms with Crippen LogP contribution in [0.25, 0.3) is 0 Å². The van der Waals surface area contributed by atoms with Gasteiger partial charge in [0.2, 0.25) is 0 Å². The van der Waals surface area contributed by atoms with E-state index in [1.165, 1.54) is 12.1 Å². The highest BCUT2D eigenvalue weighted by Crippen LogP contribution is 2.23. The Labute approximate surface area is 125 Å². The van der Waals surface area contributed by atoms with E-state index in [4.69, 9.17) is 5.73 Å². The summed E-state index contributed by atoms with van der Waals surface area (Å²) >= 11 is 3.29. The normalized spacial score (nSPS) is 11.3. The topological polar surface area (TPSA) is 72.2 Å². The summed E-state index contributed by atoms with van der Waals surface area (Å²) in [6, 6.07) is 8.51. The van der Waals surface area contributed by atoms with Gasteiger partial charge in [0, 0.05) is 4.47 Å². The van der Waals surface area contributed by atoms with E-state index in [1.54, 1.807) is 12.1 Å². The highest BCUT2D eigenvalue weighted by atomic mass is 79.9. The first-order chi connectivity index (χ1) is 9.28. The second-order valence-corrected chi connectivity index (χ2v) is 6.90. The molecule has 20 heavy (non-hydrogen) atoms. The largest absolute Gasteiger partial charge is 0.396 e. The number of nitrogens with one attached hydrogen (secondary N) is 1. The fourth-order valence-corrected chi connectivity index (χ4v) is 3.34. The van der Waals surface area contributed by atoms with Crippen molar-refractivity contribution < 1.29 is 12.8 Å².